The van der Waals surface area contributed by atoms with Crippen molar-refractivity contribution in [2.45, 2.75) is 32.2 Å². The highest BCUT2D eigenvalue weighted by Crippen LogP contribution is 2.33. The van der Waals surface area contributed by atoms with Crippen molar-refractivity contribution in [3.8, 4) is 5.75 Å². The van der Waals surface area contributed by atoms with Gasteiger partial charge in [-0.15, -0.1) is 0 Å². The molecule has 0 unspecified atom stereocenters. The second kappa shape index (κ2) is 7.83. The van der Waals surface area contributed by atoms with Gasteiger partial charge in [0.15, 0.2) is 11.6 Å². The van der Waals surface area contributed by atoms with E-state index in [0.717, 1.165) is 31.4 Å². The number of halogens is 1. The second-order valence-electron chi connectivity index (χ2n) is 6.41. The number of rotatable bonds is 4. The fourth-order valence-corrected chi connectivity index (χ4v) is 3.40. The third-order valence-corrected chi connectivity index (χ3v) is 4.68. The molecule has 24 heavy (non-hydrogen) atoms. The standard InChI is InChI=1S/C18H25FN2O3/c1-2-23-12-13-8-9-21(11-13)18(22)20-16-7-4-10-24-17-14(16)5-3-6-15(17)19/h3,5-6,13,16H,2,4,7-12H2,1H3,(H,20,22)/t13-,16-/m0/s1. The van der Waals surface area contributed by atoms with Crippen LogP contribution in [0.3, 0.4) is 0 Å². The minimum absolute atomic E-state index is 0.0869. The number of para-hydroxylation sites is 1. The summed E-state index contributed by atoms with van der Waals surface area (Å²) in [5.41, 5.74) is 0.728. The zero-order valence-electron chi connectivity index (χ0n) is 14.1. The topological polar surface area (TPSA) is 50.8 Å². The van der Waals surface area contributed by atoms with Crippen LogP contribution in [0, 0.1) is 11.7 Å². The molecule has 1 fully saturated rings. The van der Waals surface area contributed by atoms with Crippen LogP contribution in [0.15, 0.2) is 18.2 Å². The first-order valence-electron chi connectivity index (χ1n) is 8.73. The van der Waals surface area contributed by atoms with E-state index in [4.69, 9.17) is 9.47 Å². The number of likely N-dealkylation sites (tertiary alicyclic amines) is 1. The molecule has 5 nitrogen and oxygen atoms in total. The zero-order valence-corrected chi connectivity index (χ0v) is 14.1. The van der Waals surface area contributed by atoms with Crippen LogP contribution in [-0.2, 0) is 4.74 Å². The van der Waals surface area contributed by atoms with Crippen LogP contribution in [0.1, 0.15) is 37.8 Å². The van der Waals surface area contributed by atoms with Crippen molar-refractivity contribution < 1.29 is 18.7 Å². The Morgan fingerprint density at radius 2 is 2.33 bits per heavy atom. The summed E-state index contributed by atoms with van der Waals surface area (Å²) in [5, 5.41) is 3.06. The minimum atomic E-state index is -0.369. The molecule has 3 rings (SSSR count). The van der Waals surface area contributed by atoms with Gasteiger partial charge in [0.1, 0.15) is 0 Å². The number of amides is 2. The smallest absolute Gasteiger partial charge is 0.317 e. The summed E-state index contributed by atoms with van der Waals surface area (Å²) in [6, 6.07) is 4.58. The van der Waals surface area contributed by atoms with Gasteiger partial charge in [-0.3, -0.25) is 0 Å². The maximum atomic E-state index is 14.0. The van der Waals surface area contributed by atoms with E-state index in [9.17, 15) is 9.18 Å². The lowest BCUT2D eigenvalue weighted by Crippen LogP contribution is -2.40. The highest BCUT2D eigenvalue weighted by molar-refractivity contribution is 5.75. The lowest BCUT2D eigenvalue weighted by Gasteiger charge is -2.23. The molecule has 1 N–H and O–H groups in total. The van der Waals surface area contributed by atoms with Gasteiger partial charge < -0.3 is 19.7 Å². The molecule has 1 aromatic rings. The van der Waals surface area contributed by atoms with Crippen molar-refractivity contribution in [1.82, 2.24) is 10.2 Å². The molecule has 2 aliphatic heterocycles. The molecule has 2 amide bonds. The van der Waals surface area contributed by atoms with Crippen LogP contribution in [0.25, 0.3) is 0 Å². The fraction of sp³-hybridized carbons (Fsp3) is 0.611. The van der Waals surface area contributed by atoms with E-state index in [1.165, 1.54) is 6.07 Å². The SMILES string of the molecule is CCOC[C@H]1CCN(C(=O)N[C@H]2CCCOc3c(F)cccc32)C1. The number of nitrogens with one attached hydrogen (secondary N) is 1. The average molecular weight is 336 g/mol. The first-order valence-corrected chi connectivity index (χ1v) is 8.73. The third-order valence-electron chi connectivity index (χ3n) is 4.68. The number of urea groups is 1. The van der Waals surface area contributed by atoms with Crippen LogP contribution in [0.4, 0.5) is 9.18 Å². The molecular weight excluding hydrogens is 311 g/mol. The van der Waals surface area contributed by atoms with Gasteiger partial charge in [-0.05, 0) is 32.3 Å². The number of nitrogens with zero attached hydrogens (tertiary/aromatic N) is 1. The predicted octanol–water partition coefficient (Wildman–Crippen LogP) is 3.11. The summed E-state index contributed by atoms with van der Waals surface area (Å²) >= 11 is 0. The van der Waals surface area contributed by atoms with Crippen LogP contribution >= 0.6 is 0 Å². The quantitative estimate of drug-likeness (QED) is 0.919. The molecule has 0 spiro atoms. The molecular formula is C18H25FN2O3. The highest BCUT2D eigenvalue weighted by atomic mass is 19.1. The van der Waals surface area contributed by atoms with E-state index in [1.54, 1.807) is 6.07 Å². The van der Waals surface area contributed by atoms with Crippen molar-refractivity contribution in [3.63, 3.8) is 0 Å². The Labute approximate surface area is 142 Å². The molecule has 2 aliphatic rings. The van der Waals surface area contributed by atoms with E-state index in [-0.39, 0.29) is 23.6 Å². The molecule has 1 aromatic carbocycles. The zero-order chi connectivity index (χ0) is 16.9. The van der Waals surface area contributed by atoms with E-state index in [2.05, 4.69) is 5.32 Å². The van der Waals surface area contributed by atoms with Crippen molar-refractivity contribution in [2.75, 3.05) is 32.9 Å². The van der Waals surface area contributed by atoms with Crippen LogP contribution < -0.4 is 10.1 Å². The number of benzene rings is 1. The van der Waals surface area contributed by atoms with Gasteiger partial charge >= 0.3 is 6.03 Å². The van der Waals surface area contributed by atoms with Crippen LogP contribution in [0.2, 0.25) is 0 Å². The van der Waals surface area contributed by atoms with Gasteiger partial charge in [-0.25, -0.2) is 9.18 Å². The van der Waals surface area contributed by atoms with Crippen LogP contribution in [0.5, 0.6) is 5.75 Å². The average Bonchev–Trinajstić information content (AvgIpc) is 2.96. The number of fused-ring (bicyclic) bond motifs is 1. The maximum Gasteiger partial charge on any atom is 0.317 e. The Hall–Kier alpha value is -1.82. The van der Waals surface area contributed by atoms with E-state index < -0.39 is 0 Å². The number of carbonyl (C=O) groups excluding carboxylic acids is 1. The Balaban J connectivity index is 1.64. The predicted molar refractivity (Wildman–Crippen MR) is 88.6 cm³/mol. The number of hydrogen-bond donors (Lipinski definition) is 1. The van der Waals surface area contributed by atoms with Crippen LogP contribution in [-0.4, -0.2) is 43.8 Å². The molecule has 0 radical (unpaired) electrons. The first kappa shape index (κ1) is 17.0. The van der Waals surface area contributed by atoms with E-state index >= 15 is 0 Å². The minimum Gasteiger partial charge on any atom is -0.490 e. The van der Waals surface area contributed by atoms with Crippen molar-refractivity contribution in [2.24, 2.45) is 5.92 Å². The monoisotopic (exact) mass is 336 g/mol. The summed E-state index contributed by atoms with van der Waals surface area (Å²) in [4.78, 5) is 14.4. The number of hydrogen-bond acceptors (Lipinski definition) is 3. The summed E-state index contributed by atoms with van der Waals surface area (Å²) in [7, 11) is 0. The molecule has 2 atom stereocenters. The molecule has 0 aromatic heterocycles. The lowest BCUT2D eigenvalue weighted by molar-refractivity contribution is 0.113. The van der Waals surface area contributed by atoms with Gasteiger partial charge in [-0.2, -0.15) is 0 Å². The van der Waals surface area contributed by atoms with Gasteiger partial charge in [0.2, 0.25) is 0 Å². The Bertz CT molecular complexity index is 581. The first-order chi connectivity index (χ1) is 11.7. The van der Waals surface area contributed by atoms with Crippen molar-refractivity contribution >= 4 is 6.03 Å². The fourth-order valence-electron chi connectivity index (χ4n) is 3.40. The molecule has 6 heteroatoms. The lowest BCUT2D eigenvalue weighted by atomic mass is 10.0. The maximum absolute atomic E-state index is 14.0. The Morgan fingerprint density at radius 1 is 1.46 bits per heavy atom. The third kappa shape index (κ3) is 3.80. The van der Waals surface area contributed by atoms with E-state index in [1.807, 2.05) is 17.9 Å². The summed E-state index contributed by atoms with van der Waals surface area (Å²) in [6.07, 6.45) is 2.50. The summed E-state index contributed by atoms with van der Waals surface area (Å²) in [5.74, 6) is 0.306. The molecule has 0 aliphatic carbocycles. The number of carbonyl (C=O) groups is 1. The Morgan fingerprint density at radius 3 is 3.17 bits per heavy atom. The van der Waals surface area contributed by atoms with Gasteiger partial charge in [0.25, 0.3) is 0 Å². The molecule has 1 saturated heterocycles. The summed E-state index contributed by atoms with van der Waals surface area (Å²) in [6.45, 7) is 5.30. The highest BCUT2D eigenvalue weighted by Gasteiger charge is 2.29. The second-order valence-corrected chi connectivity index (χ2v) is 6.41. The van der Waals surface area contributed by atoms with E-state index in [0.29, 0.717) is 32.3 Å². The van der Waals surface area contributed by atoms with Gasteiger partial charge in [0.05, 0.1) is 19.3 Å². The molecule has 0 saturated carbocycles. The molecule has 132 valence electrons. The largest absolute Gasteiger partial charge is 0.490 e. The normalized spacial score (nSPS) is 23.3. The molecule has 0 bridgehead atoms. The van der Waals surface area contributed by atoms with Gasteiger partial charge in [0, 0.05) is 31.2 Å². The molecule has 2 heterocycles. The summed E-state index contributed by atoms with van der Waals surface area (Å²) < 4.78 is 24.9. The Kier molecular flexibility index (Phi) is 5.56. The van der Waals surface area contributed by atoms with Crippen molar-refractivity contribution in [3.05, 3.63) is 29.6 Å². The van der Waals surface area contributed by atoms with Gasteiger partial charge in [-0.1, -0.05) is 12.1 Å². The number of ether oxygens (including phenoxy) is 2. The van der Waals surface area contributed by atoms with Crippen molar-refractivity contribution in [1.29, 1.82) is 0 Å².